The average Bonchev–Trinajstić information content (AvgIpc) is 2.18. The second-order valence-electron chi connectivity index (χ2n) is 3.83. The van der Waals surface area contributed by atoms with Crippen LogP contribution in [0.2, 0.25) is 0 Å². The van der Waals surface area contributed by atoms with Gasteiger partial charge in [0.2, 0.25) is 0 Å². The predicted molar refractivity (Wildman–Crippen MR) is 56.7 cm³/mol. The minimum Gasteiger partial charge on any atom is -0.236 e. The second kappa shape index (κ2) is 5.78. The Morgan fingerprint density at radius 3 is 2.29 bits per heavy atom. The maximum atomic E-state index is 5.24. The fourth-order valence-electron chi connectivity index (χ4n) is 1.06. The van der Waals surface area contributed by atoms with Gasteiger partial charge in [-0.2, -0.15) is 0 Å². The van der Waals surface area contributed by atoms with Gasteiger partial charge in [-0.1, -0.05) is 44.2 Å². The van der Waals surface area contributed by atoms with E-state index in [1.807, 2.05) is 37.3 Å². The van der Waals surface area contributed by atoms with Crippen molar-refractivity contribution >= 4 is 0 Å². The van der Waals surface area contributed by atoms with E-state index in [0.29, 0.717) is 12.5 Å². The Hall–Kier alpha value is -0.860. The molecule has 0 aliphatic heterocycles. The molecule has 0 N–H and O–H groups in total. The van der Waals surface area contributed by atoms with Crippen LogP contribution in [0, 0.1) is 5.92 Å². The third kappa shape index (κ3) is 3.90. The lowest BCUT2D eigenvalue weighted by Crippen LogP contribution is -2.06. The van der Waals surface area contributed by atoms with E-state index in [4.69, 9.17) is 9.78 Å². The first-order valence-electron chi connectivity index (χ1n) is 5.03. The van der Waals surface area contributed by atoms with Crippen molar-refractivity contribution in [2.24, 2.45) is 5.92 Å². The Morgan fingerprint density at radius 2 is 1.71 bits per heavy atom. The summed E-state index contributed by atoms with van der Waals surface area (Å²) < 4.78 is 0. The van der Waals surface area contributed by atoms with Crippen molar-refractivity contribution in [3.8, 4) is 0 Å². The Labute approximate surface area is 85.8 Å². The molecule has 0 amide bonds. The molecule has 0 aromatic heterocycles. The van der Waals surface area contributed by atoms with Gasteiger partial charge in [0.25, 0.3) is 0 Å². The molecule has 1 aromatic rings. The largest absolute Gasteiger partial charge is 0.236 e. The van der Waals surface area contributed by atoms with Crippen LogP contribution in [-0.2, 0) is 9.78 Å². The maximum absolute atomic E-state index is 5.24. The third-order valence-electron chi connectivity index (χ3n) is 1.88. The van der Waals surface area contributed by atoms with Gasteiger partial charge in [-0.15, -0.1) is 0 Å². The molecule has 14 heavy (non-hydrogen) atoms. The Morgan fingerprint density at radius 1 is 1.07 bits per heavy atom. The van der Waals surface area contributed by atoms with E-state index in [9.17, 15) is 0 Å². The zero-order valence-corrected chi connectivity index (χ0v) is 9.07. The van der Waals surface area contributed by atoms with Crippen LogP contribution in [0.25, 0.3) is 0 Å². The Bertz CT molecular complexity index is 244. The van der Waals surface area contributed by atoms with E-state index in [1.165, 1.54) is 0 Å². The van der Waals surface area contributed by atoms with Crippen LogP contribution in [0.5, 0.6) is 0 Å². The number of rotatable bonds is 5. The van der Waals surface area contributed by atoms with Crippen molar-refractivity contribution in [1.82, 2.24) is 0 Å². The molecule has 0 heterocycles. The fraction of sp³-hybridized carbons (Fsp3) is 0.500. The highest BCUT2D eigenvalue weighted by atomic mass is 17.2. The summed E-state index contributed by atoms with van der Waals surface area (Å²) in [7, 11) is 0. The van der Waals surface area contributed by atoms with Crippen LogP contribution in [0.3, 0.4) is 0 Å². The lowest BCUT2D eigenvalue weighted by atomic mass is 10.1. The van der Waals surface area contributed by atoms with Gasteiger partial charge >= 0.3 is 0 Å². The third-order valence-corrected chi connectivity index (χ3v) is 1.88. The van der Waals surface area contributed by atoms with Crippen molar-refractivity contribution in [3.05, 3.63) is 35.9 Å². The summed E-state index contributed by atoms with van der Waals surface area (Å²) in [6.07, 6.45) is -0.00468. The molecule has 0 saturated carbocycles. The van der Waals surface area contributed by atoms with Gasteiger partial charge in [0.15, 0.2) is 0 Å². The molecule has 0 fully saturated rings. The molecular weight excluding hydrogens is 176 g/mol. The standard InChI is InChI=1S/C12H18O2/c1-10(2)9-13-14-11(3)12-7-5-4-6-8-12/h4-8,10-11H,9H2,1-3H3. The molecule has 0 spiro atoms. The molecule has 0 saturated heterocycles. The number of benzene rings is 1. The van der Waals surface area contributed by atoms with Gasteiger partial charge in [-0.25, -0.2) is 9.78 Å². The first-order valence-corrected chi connectivity index (χ1v) is 5.03. The summed E-state index contributed by atoms with van der Waals surface area (Å²) >= 11 is 0. The SMILES string of the molecule is CC(C)COOC(C)c1ccccc1. The smallest absolute Gasteiger partial charge is 0.115 e. The lowest BCUT2D eigenvalue weighted by Gasteiger charge is -2.13. The molecule has 0 radical (unpaired) electrons. The van der Waals surface area contributed by atoms with Crippen molar-refractivity contribution in [3.63, 3.8) is 0 Å². The minimum absolute atomic E-state index is 0.00468. The highest BCUT2D eigenvalue weighted by Gasteiger charge is 2.05. The van der Waals surface area contributed by atoms with Crippen LogP contribution in [-0.4, -0.2) is 6.61 Å². The summed E-state index contributed by atoms with van der Waals surface area (Å²) in [6, 6.07) is 10.0. The highest BCUT2D eigenvalue weighted by molar-refractivity contribution is 5.16. The molecule has 1 unspecified atom stereocenters. The molecule has 78 valence electrons. The summed E-state index contributed by atoms with van der Waals surface area (Å²) in [4.78, 5) is 10.4. The normalized spacial score (nSPS) is 13.1. The van der Waals surface area contributed by atoms with E-state index in [0.717, 1.165) is 5.56 Å². The van der Waals surface area contributed by atoms with Crippen molar-refractivity contribution in [1.29, 1.82) is 0 Å². The first-order chi connectivity index (χ1) is 6.70. The summed E-state index contributed by atoms with van der Waals surface area (Å²) in [5.41, 5.74) is 1.14. The molecule has 2 heteroatoms. The van der Waals surface area contributed by atoms with Crippen molar-refractivity contribution in [2.75, 3.05) is 6.61 Å². The molecule has 1 rings (SSSR count). The van der Waals surface area contributed by atoms with Crippen LogP contribution in [0.1, 0.15) is 32.4 Å². The van der Waals surface area contributed by atoms with Crippen LogP contribution in [0.15, 0.2) is 30.3 Å². The highest BCUT2D eigenvalue weighted by Crippen LogP contribution is 2.16. The van der Waals surface area contributed by atoms with Gasteiger partial charge in [0, 0.05) is 0 Å². The summed E-state index contributed by atoms with van der Waals surface area (Å²) in [5, 5.41) is 0. The van der Waals surface area contributed by atoms with Gasteiger partial charge in [0.1, 0.15) is 6.10 Å². The van der Waals surface area contributed by atoms with E-state index in [1.54, 1.807) is 0 Å². The molecule has 0 bridgehead atoms. The fourth-order valence-corrected chi connectivity index (χ4v) is 1.06. The number of hydrogen-bond donors (Lipinski definition) is 0. The summed E-state index contributed by atoms with van der Waals surface area (Å²) in [5.74, 6) is 0.498. The van der Waals surface area contributed by atoms with E-state index in [-0.39, 0.29) is 6.10 Å². The molecule has 0 aliphatic carbocycles. The average molecular weight is 194 g/mol. The van der Waals surface area contributed by atoms with Gasteiger partial charge in [0.05, 0.1) is 6.61 Å². The maximum Gasteiger partial charge on any atom is 0.115 e. The molecule has 2 nitrogen and oxygen atoms in total. The zero-order chi connectivity index (χ0) is 10.4. The Balaban J connectivity index is 2.32. The van der Waals surface area contributed by atoms with Crippen LogP contribution in [0.4, 0.5) is 0 Å². The van der Waals surface area contributed by atoms with Gasteiger partial charge in [-0.05, 0) is 18.4 Å². The lowest BCUT2D eigenvalue weighted by molar-refractivity contribution is -0.328. The van der Waals surface area contributed by atoms with Crippen molar-refractivity contribution in [2.45, 2.75) is 26.9 Å². The topological polar surface area (TPSA) is 18.5 Å². The summed E-state index contributed by atoms with van der Waals surface area (Å²) in [6.45, 7) is 6.81. The molecule has 1 atom stereocenters. The predicted octanol–water partition coefficient (Wildman–Crippen LogP) is 3.35. The number of hydrogen-bond acceptors (Lipinski definition) is 2. The second-order valence-corrected chi connectivity index (χ2v) is 3.83. The first kappa shape index (κ1) is 11.2. The quantitative estimate of drug-likeness (QED) is 0.528. The van der Waals surface area contributed by atoms with E-state index < -0.39 is 0 Å². The molecule has 0 aliphatic rings. The van der Waals surface area contributed by atoms with Crippen molar-refractivity contribution < 1.29 is 9.78 Å². The van der Waals surface area contributed by atoms with Crippen LogP contribution < -0.4 is 0 Å². The molecule has 1 aromatic carbocycles. The Kier molecular flexibility index (Phi) is 4.63. The van der Waals surface area contributed by atoms with Crippen LogP contribution >= 0.6 is 0 Å². The van der Waals surface area contributed by atoms with E-state index >= 15 is 0 Å². The zero-order valence-electron chi connectivity index (χ0n) is 9.07. The molecular formula is C12H18O2. The minimum atomic E-state index is -0.00468. The van der Waals surface area contributed by atoms with E-state index in [2.05, 4.69) is 13.8 Å². The monoisotopic (exact) mass is 194 g/mol. The van der Waals surface area contributed by atoms with Gasteiger partial charge in [-0.3, -0.25) is 0 Å². The van der Waals surface area contributed by atoms with Gasteiger partial charge < -0.3 is 0 Å².